The zero-order valence-electron chi connectivity index (χ0n) is 12.4. The maximum atomic E-state index is 9.18. The van der Waals surface area contributed by atoms with Crippen LogP contribution in [0.15, 0.2) is 65.2 Å². The van der Waals surface area contributed by atoms with Gasteiger partial charge in [-0.2, -0.15) is 0 Å². The molecule has 2 N–H and O–H groups in total. The Bertz CT molecular complexity index is 738. The molecule has 0 bridgehead atoms. The number of aliphatic hydroxyl groups is 1. The maximum absolute atomic E-state index is 9.18. The first-order valence-corrected chi connectivity index (χ1v) is 7.24. The lowest BCUT2D eigenvalue weighted by Crippen LogP contribution is -2.07. The molecular formula is C18H18N2O2. The number of aliphatic hydroxyl groups excluding tert-OH is 1. The monoisotopic (exact) mass is 294 g/mol. The predicted octanol–water partition coefficient (Wildman–Crippen LogP) is 4.01. The van der Waals surface area contributed by atoms with Gasteiger partial charge in [-0.05, 0) is 24.6 Å². The molecule has 0 saturated carbocycles. The summed E-state index contributed by atoms with van der Waals surface area (Å²) in [6, 6.07) is 17.5. The van der Waals surface area contributed by atoms with Crippen molar-refractivity contribution < 1.29 is 9.52 Å². The van der Waals surface area contributed by atoms with E-state index in [1.807, 2.05) is 61.5 Å². The third kappa shape index (κ3) is 3.18. The van der Waals surface area contributed by atoms with Crippen LogP contribution in [0.4, 0.5) is 5.69 Å². The van der Waals surface area contributed by atoms with Crippen LogP contribution in [0.3, 0.4) is 0 Å². The molecule has 0 fully saturated rings. The average Bonchev–Trinajstić information content (AvgIpc) is 3.06. The van der Waals surface area contributed by atoms with Gasteiger partial charge in [0.1, 0.15) is 6.04 Å². The van der Waals surface area contributed by atoms with E-state index < -0.39 is 0 Å². The Labute approximate surface area is 129 Å². The lowest BCUT2D eigenvalue weighted by atomic mass is 10.2. The molecule has 0 amide bonds. The molecule has 1 aromatic heterocycles. The fraction of sp³-hybridized carbons (Fsp3) is 0.167. The van der Waals surface area contributed by atoms with Crippen molar-refractivity contribution in [3.05, 3.63) is 72.2 Å². The smallest absolute Gasteiger partial charge is 0.217 e. The van der Waals surface area contributed by atoms with Gasteiger partial charge in [0.15, 0.2) is 5.76 Å². The fourth-order valence-corrected chi connectivity index (χ4v) is 2.29. The highest BCUT2D eigenvalue weighted by atomic mass is 16.4. The molecule has 1 atom stereocenters. The van der Waals surface area contributed by atoms with Gasteiger partial charge in [0.25, 0.3) is 0 Å². The molecule has 0 saturated heterocycles. The van der Waals surface area contributed by atoms with Gasteiger partial charge < -0.3 is 14.8 Å². The Morgan fingerprint density at radius 2 is 1.95 bits per heavy atom. The second kappa shape index (κ2) is 6.45. The van der Waals surface area contributed by atoms with E-state index in [1.54, 1.807) is 6.20 Å². The van der Waals surface area contributed by atoms with Crippen molar-refractivity contribution in [2.75, 3.05) is 5.32 Å². The Hall–Kier alpha value is -2.59. The first-order valence-electron chi connectivity index (χ1n) is 7.24. The van der Waals surface area contributed by atoms with Crippen LogP contribution in [0.5, 0.6) is 0 Å². The van der Waals surface area contributed by atoms with E-state index in [-0.39, 0.29) is 12.6 Å². The molecule has 0 aliphatic carbocycles. The zero-order valence-corrected chi connectivity index (χ0v) is 12.4. The molecule has 3 rings (SSSR count). The van der Waals surface area contributed by atoms with Crippen LogP contribution in [0.2, 0.25) is 0 Å². The molecule has 0 aliphatic heterocycles. The van der Waals surface area contributed by atoms with Crippen molar-refractivity contribution in [2.24, 2.45) is 0 Å². The van der Waals surface area contributed by atoms with Gasteiger partial charge in [-0.3, -0.25) is 0 Å². The predicted molar refractivity (Wildman–Crippen MR) is 86.3 cm³/mol. The van der Waals surface area contributed by atoms with Gasteiger partial charge in [0.05, 0.1) is 12.8 Å². The Balaban J connectivity index is 1.75. The highest BCUT2D eigenvalue weighted by molar-refractivity contribution is 5.56. The minimum absolute atomic E-state index is 0.0288. The third-order valence-electron chi connectivity index (χ3n) is 3.45. The molecular weight excluding hydrogens is 276 g/mol. The van der Waals surface area contributed by atoms with Crippen LogP contribution in [0.1, 0.15) is 24.4 Å². The number of hydrogen-bond donors (Lipinski definition) is 2. The molecule has 22 heavy (non-hydrogen) atoms. The van der Waals surface area contributed by atoms with Crippen molar-refractivity contribution in [1.82, 2.24) is 4.98 Å². The average molecular weight is 294 g/mol. The van der Waals surface area contributed by atoms with Crippen LogP contribution in [-0.2, 0) is 6.61 Å². The van der Waals surface area contributed by atoms with Crippen LogP contribution < -0.4 is 5.32 Å². The lowest BCUT2D eigenvalue weighted by molar-refractivity contribution is 0.282. The number of anilines is 1. The van der Waals surface area contributed by atoms with Crippen molar-refractivity contribution in [3.63, 3.8) is 0 Å². The molecule has 0 spiro atoms. The molecule has 0 aliphatic rings. The number of hydrogen-bond acceptors (Lipinski definition) is 4. The number of aromatic nitrogens is 1. The minimum Gasteiger partial charge on any atom is -0.438 e. The van der Waals surface area contributed by atoms with E-state index in [0.29, 0.717) is 5.89 Å². The van der Waals surface area contributed by atoms with Crippen molar-refractivity contribution in [2.45, 2.75) is 19.6 Å². The molecule has 2 aromatic carbocycles. The summed E-state index contributed by atoms with van der Waals surface area (Å²) in [5, 5.41) is 12.5. The molecule has 112 valence electrons. The Morgan fingerprint density at radius 1 is 1.14 bits per heavy atom. The van der Waals surface area contributed by atoms with E-state index in [1.165, 1.54) is 0 Å². The molecule has 4 nitrogen and oxygen atoms in total. The van der Waals surface area contributed by atoms with Crippen LogP contribution in [0, 0.1) is 0 Å². The van der Waals surface area contributed by atoms with Crippen molar-refractivity contribution >= 4 is 5.69 Å². The van der Waals surface area contributed by atoms with Gasteiger partial charge in [-0.1, -0.05) is 42.5 Å². The largest absolute Gasteiger partial charge is 0.438 e. The van der Waals surface area contributed by atoms with Crippen molar-refractivity contribution in [3.8, 4) is 11.3 Å². The quantitative estimate of drug-likeness (QED) is 0.746. The van der Waals surface area contributed by atoms with Gasteiger partial charge in [0, 0.05) is 11.3 Å². The Kier molecular flexibility index (Phi) is 4.21. The number of oxazole rings is 1. The van der Waals surface area contributed by atoms with Crippen LogP contribution in [-0.4, -0.2) is 10.1 Å². The SMILES string of the molecule is C[C@H](Nc1cccc(CO)c1)c1ncc(-c2ccccc2)o1. The normalized spacial score (nSPS) is 12.1. The fourth-order valence-electron chi connectivity index (χ4n) is 2.29. The molecule has 3 aromatic rings. The number of nitrogens with zero attached hydrogens (tertiary/aromatic N) is 1. The summed E-state index contributed by atoms with van der Waals surface area (Å²) in [5.74, 6) is 1.39. The summed E-state index contributed by atoms with van der Waals surface area (Å²) in [7, 11) is 0. The molecule has 0 unspecified atom stereocenters. The number of benzene rings is 2. The standard InChI is InChI=1S/C18H18N2O2/c1-13(20-16-9-5-6-14(10-16)12-21)18-19-11-17(22-18)15-7-3-2-4-8-15/h2-11,13,20-21H,12H2,1H3/t13-/m0/s1. The van der Waals surface area contributed by atoms with Gasteiger partial charge in [0.2, 0.25) is 5.89 Å². The third-order valence-corrected chi connectivity index (χ3v) is 3.45. The van der Waals surface area contributed by atoms with Crippen LogP contribution in [0.25, 0.3) is 11.3 Å². The van der Waals surface area contributed by atoms with Crippen molar-refractivity contribution in [1.29, 1.82) is 0 Å². The first kappa shape index (κ1) is 14.4. The highest BCUT2D eigenvalue weighted by Gasteiger charge is 2.13. The summed E-state index contributed by atoms with van der Waals surface area (Å²) >= 11 is 0. The lowest BCUT2D eigenvalue weighted by Gasteiger charge is -2.12. The topological polar surface area (TPSA) is 58.3 Å². The molecule has 4 heteroatoms. The highest BCUT2D eigenvalue weighted by Crippen LogP contribution is 2.25. The van der Waals surface area contributed by atoms with E-state index in [0.717, 1.165) is 22.6 Å². The van der Waals surface area contributed by atoms with Gasteiger partial charge in [-0.15, -0.1) is 0 Å². The maximum Gasteiger partial charge on any atom is 0.217 e. The van der Waals surface area contributed by atoms with Gasteiger partial charge >= 0.3 is 0 Å². The van der Waals surface area contributed by atoms with Crippen LogP contribution >= 0.6 is 0 Å². The number of rotatable bonds is 5. The zero-order chi connectivity index (χ0) is 15.4. The molecule has 0 radical (unpaired) electrons. The second-order valence-electron chi connectivity index (χ2n) is 5.15. The Morgan fingerprint density at radius 3 is 2.73 bits per heavy atom. The summed E-state index contributed by atoms with van der Waals surface area (Å²) in [5.41, 5.74) is 2.81. The molecule has 1 heterocycles. The summed E-state index contributed by atoms with van der Waals surface area (Å²) < 4.78 is 5.84. The van der Waals surface area contributed by atoms with E-state index in [2.05, 4.69) is 10.3 Å². The van der Waals surface area contributed by atoms with Gasteiger partial charge in [-0.25, -0.2) is 4.98 Å². The summed E-state index contributed by atoms with van der Waals surface area (Å²) in [6.07, 6.45) is 1.74. The number of nitrogens with one attached hydrogen (secondary N) is 1. The van der Waals surface area contributed by atoms with E-state index in [4.69, 9.17) is 4.42 Å². The summed E-state index contributed by atoms with van der Waals surface area (Å²) in [6.45, 7) is 2.02. The first-order chi connectivity index (χ1) is 10.8. The second-order valence-corrected chi connectivity index (χ2v) is 5.15. The van der Waals surface area contributed by atoms with E-state index >= 15 is 0 Å². The van der Waals surface area contributed by atoms with E-state index in [9.17, 15) is 5.11 Å². The minimum atomic E-state index is -0.0635. The summed E-state index contributed by atoms with van der Waals surface area (Å²) in [4.78, 5) is 4.35.